The SMILES string of the molecule is O=[P+](OCOC(CO)COCc1ccccc1)OCOC(CO)COCc1ccccc1. The molecule has 0 heterocycles. The topological polar surface area (TPSA) is 113 Å². The van der Waals surface area contributed by atoms with Gasteiger partial charge in [0.05, 0.1) is 39.6 Å². The first kappa shape index (κ1) is 26.5. The smallest absolute Gasteiger partial charge is 0.394 e. The van der Waals surface area contributed by atoms with Gasteiger partial charge in [-0.2, -0.15) is 0 Å². The van der Waals surface area contributed by atoms with Crippen molar-refractivity contribution in [3.05, 3.63) is 71.8 Å². The second-order valence-electron chi connectivity index (χ2n) is 6.66. The minimum Gasteiger partial charge on any atom is -0.394 e. The molecule has 0 fully saturated rings. The van der Waals surface area contributed by atoms with E-state index < -0.39 is 20.5 Å². The second kappa shape index (κ2) is 16.8. The number of rotatable bonds is 18. The molecule has 2 rings (SSSR count). The van der Waals surface area contributed by atoms with E-state index in [1.165, 1.54) is 0 Å². The van der Waals surface area contributed by atoms with E-state index in [0.29, 0.717) is 13.2 Å². The van der Waals surface area contributed by atoms with Gasteiger partial charge in [-0.3, -0.25) is 0 Å². The zero-order valence-corrected chi connectivity index (χ0v) is 18.7. The predicted octanol–water partition coefficient (Wildman–Crippen LogP) is 2.78. The van der Waals surface area contributed by atoms with E-state index in [4.69, 9.17) is 28.0 Å². The molecule has 0 bridgehead atoms. The monoisotopic (exact) mass is 469 g/mol. The third-order valence-corrected chi connectivity index (χ3v) is 4.79. The van der Waals surface area contributed by atoms with Crippen molar-refractivity contribution in [2.45, 2.75) is 25.4 Å². The molecule has 2 N–H and O–H groups in total. The maximum Gasteiger partial charge on any atom is 0.702 e. The first-order chi connectivity index (χ1) is 15.7. The van der Waals surface area contributed by atoms with Gasteiger partial charge < -0.3 is 29.2 Å². The molecule has 0 aliphatic heterocycles. The van der Waals surface area contributed by atoms with E-state index in [2.05, 4.69) is 0 Å². The van der Waals surface area contributed by atoms with Crippen LogP contribution in [0.15, 0.2) is 60.7 Å². The molecule has 0 aliphatic rings. The average Bonchev–Trinajstić information content (AvgIpc) is 2.83. The number of aliphatic hydroxyl groups excluding tert-OH is 2. The summed E-state index contributed by atoms with van der Waals surface area (Å²) >= 11 is 0. The standard InChI is InChI=1S/C22H30O9P/c23-11-21(15-26-13-19-7-3-1-4-8-19)28-17-30-32(25)31-18-29-22(12-24)16-27-14-20-9-5-2-6-10-20/h1-10,21-24H,11-18H2/q+1. The number of benzene rings is 2. The summed E-state index contributed by atoms with van der Waals surface area (Å²) in [4.78, 5) is 0. The minimum atomic E-state index is -2.49. The zero-order valence-electron chi connectivity index (χ0n) is 17.8. The highest BCUT2D eigenvalue weighted by Crippen LogP contribution is 2.23. The summed E-state index contributed by atoms with van der Waals surface area (Å²) in [6, 6.07) is 19.2. The summed E-state index contributed by atoms with van der Waals surface area (Å²) in [7, 11) is -2.49. The molecule has 0 amide bonds. The fraction of sp³-hybridized carbons (Fsp3) is 0.455. The number of ether oxygens (including phenoxy) is 4. The lowest BCUT2D eigenvalue weighted by molar-refractivity contribution is -0.107. The predicted molar refractivity (Wildman–Crippen MR) is 116 cm³/mol. The van der Waals surface area contributed by atoms with Gasteiger partial charge in [-0.25, -0.2) is 0 Å². The Morgan fingerprint density at radius 3 is 1.47 bits per heavy atom. The van der Waals surface area contributed by atoms with Gasteiger partial charge in [0.15, 0.2) is 0 Å². The third kappa shape index (κ3) is 11.7. The van der Waals surface area contributed by atoms with Crippen LogP contribution in [0, 0.1) is 0 Å². The van der Waals surface area contributed by atoms with E-state index in [9.17, 15) is 14.8 Å². The average molecular weight is 469 g/mol. The van der Waals surface area contributed by atoms with Gasteiger partial charge in [-0.05, 0) is 11.1 Å². The summed E-state index contributed by atoms with van der Waals surface area (Å²) in [5.74, 6) is 0. The highest BCUT2D eigenvalue weighted by molar-refractivity contribution is 7.33. The van der Waals surface area contributed by atoms with Gasteiger partial charge in [0.25, 0.3) is 0 Å². The van der Waals surface area contributed by atoms with Crippen LogP contribution in [-0.4, -0.2) is 62.4 Å². The zero-order chi connectivity index (χ0) is 22.9. The molecule has 0 spiro atoms. The van der Waals surface area contributed by atoms with Crippen LogP contribution in [0.5, 0.6) is 0 Å². The number of hydrogen-bond acceptors (Lipinski definition) is 9. The van der Waals surface area contributed by atoms with Crippen molar-refractivity contribution in [3.63, 3.8) is 0 Å². The quantitative estimate of drug-likeness (QED) is 0.251. The summed E-state index contributed by atoms with van der Waals surface area (Å²) in [5, 5.41) is 18.7. The van der Waals surface area contributed by atoms with Crippen molar-refractivity contribution in [2.24, 2.45) is 0 Å². The van der Waals surface area contributed by atoms with Gasteiger partial charge in [-0.15, -0.1) is 0 Å². The van der Waals surface area contributed by atoms with Gasteiger partial charge in [0.2, 0.25) is 13.6 Å². The molecule has 0 saturated heterocycles. The van der Waals surface area contributed by atoms with Crippen molar-refractivity contribution in [2.75, 3.05) is 40.0 Å². The second-order valence-corrected chi connectivity index (χ2v) is 7.63. The summed E-state index contributed by atoms with van der Waals surface area (Å²) in [6.07, 6.45) is -1.25. The van der Waals surface area contributed by atoms with E-state index in [1.807, 2.05) is 60.7 Å². The lowest BCUT2D eigenvalue weighted by Crippen LogP contribution is -2.25. The van der Waals surface area contributed by atoms with Crippen molar-refractivity contribution < 1.29 is 42.8 Å². The van der Waals surface area contributed by atoms with Crippen molar-refractivity contribution in [3.8, 4) is 0 Å². The Morgan fingerprint density at radius 2 is 1.09 bits per heavy atom. The molecule has 0 aromatic heterocycles. The summed E-state index contributed by atoms with van der Waals surface area (Å²) in [6.45, 7) is -0.181. The van der Waals surface area contributed by atoms with Crippen LogP contribution in [-0.2, 0) is 45.8 Å². The highest BCUT2D eigenvalue weighted by Gasteiger charge is 2.23. The molecular formula is C22H30O9P+. The highest BCUT2D eigenvalue weighted by atomic mass is 31.1. The largest absolute Gasteiger partial charge is 0.702 e. The number of aliphatic hydroxyl groups is 2. The Bertz CT molecular complexity index is 671. The molecule has 2 atom stereocenters. The molecule has 2 aromatic rings. The van der Waals surface area contributed by atoms with Crippen LogP contribution >= 0.6 is 8.25 Å². The fourth-order valence-electron chi connectivity index (χ4n) is 2.45. The molecular weight excluding hydrogens is 439 g/mol. The summed E-state index contributed by atoms with van der Waals surface area (Å²) in [5.41, 5.74) is 2.01. The Morgan fingerprint density at radius 1 is 0.688 bits per heavy atom. The molecule has 0 saturated carbocycles. The molecule has 2 aromatic carbocycles. The van der Waals surface area contributed by atoms with Crippen LogP contribution < -0.4 is 0 Å². The van der Waals surface area contributed by atoms with E-state index >= 15 is 0 Å². The van der Waals surface area contributed by atoms with Crippen molar-refractivity contribution in [1.82, 2.24) is 0 Å². The van der Waals surface area contributed by atoms with Gasteiger partial charge in [0.1, 0.15) is 12.2 Å². The van der Waals surface area contributed by atoms with Crippen LogP contribution in [0.3, 0.4) is 0 Å². The van der Waals surface area contributed by atoms with E-state index in [-0.39, 0.29) is 40.0 Å². The van der Waals surface area contributed by atoms with E-state index in [0.717, 1.165) is 11.1 Å². The minimum absolute atomic E-state index is 0.149. The molecule has 32 heavy (non-hydrogen) atoms. The first-order valence-corrected chi connectivity index (χ1v) is 11.2. The Hall–Kier alpha value is -1.78. The van der Waals surface area contributed by atoms with Crippen LogP contribution in [0.4, 0.5) is 0 Å². The van der Waals surface area contributed by atoms with Gasteiger partial charge >= 0.3 is 8.25 Å². The lowest BCUT2D eigenvalue weighted by Gasteiger charge is -2.14. The Balaban J connectivity index is 1.51. The van der Waals surface area contributed by atoms with Crippen molar-refractivity contribution >= 4 is 8.25 Å². The Labute approximate surface area is 188 Å². The molecule has 176 valence electrons. The van der Waals surface area contributed by atoms with Crippen molar-refractivity contribution in [1.29, 1.82) is 0 Å². The Kier molecular flexibility index (Phi) is 13.9. The normalized spacial score (nSPS) is 13.6. The first-order valence-electron chi connectivity index (χ1n) is 10.1. The number of hydrogen-bond donors (Lipinski definition) is 2. The van der Waals surface area contributed by atoms with Gasteiger partial charge in [-0.1, -0.05) is 69.7 Å². The van der Waals surface area contributed by atoms with Crippen LogP contribution in [0.2, 0.25) is 0 Å². The maximum absolute atomic E-state index is 11.7. The molecule has 0 radical (unpaired) electrons. The molecule has 0 aliphatic carbocycles. The molecule has 10 heteroatoms. The molecule has 2 unspecified atom stereocenters. The summed E-state index contributed by atoms with van der Waals surface area (Å²) < 4.78 is 43.1. The van der Waals surface area contributed by atoms with E-state index in [1.54, 1.807) is 0 Å². The van der Waals surface area contributed by atoms with Crippen LogP contribution in [0.1, 0.15) is 11.1 Å². The molecule has 9 nitrogen and oxygen atoms in total. The fourth-order valence-corrected chi connectivity index (χ4v) is 2.82. The van der Waals surface area contributed by atoms with Gasteiger partial charge in [0, 0.05) is 4.57 Å². The maximum atomic E-state index is 11.7. The van der Waals surface area contributed by atoms with Crippen LogP contribution in [0.25, 0.3) is 0 Å². The third-order valence-electron chi connectivity index (χ3n) is 4.16. The lowest BCUT2D eigenvalue weighted by atomic mass is 10.2.